The van der Waals surface area contributed by atoms with E-state index in [-0.39, 0.29) is 37.0 Å². The highest BCUT2D eigenvalue weighted by molar-refractivity contribution is 6.31. The Morgan fingerprint density at radius 2 is 1.78 bits per heavy atom. The van der Waals surface area contributed by atoms with Crippen LogP contribution in [-0.4, -0.2) is 56.0 Å². The van der Waals surface area contributed by atoms with E-state index < -0.39 is 0 Å². The summed E-state index contributed by atoms with van der Waals surface area (Å²) in [6, 6.07) is 5.42. The third-order valence-corrected chi connectivity index (χ3v) is 5.01. The average Bonchev–Trinajstić information content (AvgIpc) is 2.61. The molecular formula is C20H33ClN3O3+. The van der Waals surface area contributed by atoms with E-state index >= 15 is 0 Å². The second kappa shape index (κ2) is 11.1. The quantitative estimate of drug-likeness (QED) is 0.635. The van der Waals surface area contributed by atoms with Crippen molar-refractivity contribution in [3.63, 3.8) is 0 Å². The minimum absolute atomic E-state index is 0.0735. The van der Waals surface area contributed by atoms with E-state index in [4.69, 9.17) is 16.3 Å². The van der Waals surface area contributed by atoms with Gasteiger partial charge in [-0.3, -0.25) is 9.59 Å². The first-order valence-electron chi connectivity index (χ1n) is 9.49. The fraction of sp³-hybridized carbons (Fsp3) is 0.600. The lowest BCUT2D eigenvalue weighted by atomic mass is 10.1. The zero-order valence-corrected chi connectivity index (χ0v) is 18.0. The molecule has 0 aromatic heterocycles. The first-order chi connectivity index (χ1) is 12.7. The zero-order chi connectivity index (χ0) is 20.6. The molecule has 6 nitrogen and oxygen atoms in total. The van der Waals surface area contributed by atoms with E-state index in [0.29, 0.717) is 16.5 Å². The minimum atomic E-state index is -0.195. The molecule has 27 heavy (non-hydrogen) atoms. The van der Waals surface area contributed by atoms with Gasteiger partial charge in [0, 0.05) is 17.1 Å². The number of hydrogen-bond acceptors (Lipinski definition) is 3. The number of carbonyl (C=O) groups is 2. The molecule has 0 saturated carbocycles. The van der Waals surface area contributed by atoms with Crippen molar-refractivity contribution in [2.45, 2.75) is 52.6 Å². The molecule has 0 radical (unpaired) electrons. The van der Waals surface area contributed by atoms with E-state index in [9.17, 15) is 9.59 Å². The molecule has 1 aromatic carbocycles. The smallest absolute Gasteiger partial charge is 0.279 e. The normalized spacial score (nSPS) is 14.2. The Balaban J connectivity index is 2.70. The fourth-order valence-electron chi connectivity index (χ4n) is 2.98. The number of halogens is 1. The van der Waals surface area contributed by atoms with Crippen molar-refractivity contribution in [3.05, 3.63) is 23.2 Å². The molecule has 0 aliphatic heterocycles. The SMILES string of the molecule is CC[C@@H](C)N(C(=O)C[NH+](C)CC(=O)Nc1cc(Cl)ccc1OC)[C@@H](C)CC. The second-order valence-corrected chi connectivity index (χ2v) is 7.46. The number of quaternary nitrogens is 1. The Hall–Kier alpha value is -1.79. The van der Waals surface area contributed by atoms with Gasteiger partial charge in [0.1, 0.15) is 5.75 Å². The minimum Gasteiger partial charge on any atom is -0.495 e. The Labute approximate surface area is 167 Å². The van der Waals surface area contributed by atoms with Crippen LogP contribution in [-0.2, 0) is 9.59 Å². The van der Waals surface area contributed by atoms with Gasteiger partial charge >= 0.3 is 0 Å². The number of nitrogens with one attached hydrogen (secondary N) is 2. The number of anilines is 1. The summed E-state index contributed by atoms with van der Waals surface area (Å²) in [5.74, 6) is 0.421. The molecule has 1 rings (SSSR count). The molecule has 3 atom stereocenters. The Morgan fingerprint density at radius 1 is 1.19 bits per heavy atom. The molecule has 2 amide bonds. The van der Waals surface area contributed by atoms with Crippen LogP contribution >= 0.6 is 11.6 Å². The Bertz CT molecular complexity index is 629. The monoisotopic (exact) mass is 398 g/mol. The Morgan fingerprint density at radius 3 is 2.30 bits per heavy atom. The molecule has 0 heterocycles. The number of hydrogen-bond donors (Lipinski definition) is 2. The number of likely N-dealkylation sites (N-methyl/N-ethyl adjacent to an activating group) is 1. The molecule has 1 aromatic rings. The van der Waals surface area contributed by atoms with Crippen LogP contribution in [0.15, 0.2) is 18.2 Å². The summed E-state index contributed by atoms with van der Waals surface area (Å²) in [5.41, 5.74) is 0.523. The van der Waals surface area contributed by atoms with Crippen LogP contribution < -0.4 is 15.0 Å². The molecule has 0 fully saturated rings. The number of nitrogens with zero attached hydrogens (tertiary/aromatic N) is 1. The average molecular weight is 399 g/mol. The van der Waals surface area contributed by atoms with Gasteiger partial charge in [-0.25, -0.2) is 0 Å². The summed E-state index contributed by atoms with van der Waals surface area (Å²) in [4.78, 5) is 27.9. The molecule has 0 spiro atoms. The van der Waals surface area contributed by atoms with Gasteiger partial charge in [-0.1, -0.05) is 25.4 Å². The molecule has 0 aliphatic carbocycles. The molecule has 2 N–H and O–H groups in total. The van der Waals surface area contributed by atoms with E-state index in [1.807, 2.05) is 11.9 Å². The van der Waals surface area contributed by atoms with Crippen molar-refractivity contribution in [2.24, 2.45) is 0 Å². The Kier molecular flexibility index (Phi) is 9.60. The maximum absolute atomic E-state index is 12.8. The lowest BCUT2D eigenvalue weighted by molar-refractivity contribution is -0.862. The number of benzene rings is 1. The number of methoxy groups -OCH3 is 1. The lowest BCUT2D eigenvalue weighted by Gasteiger charge is -2.34. The van der Waals surface area contributed by atoms with E-state index in [0.717, 1.165) is 17.7 Å². The van der Waals surface area contributed by atoms with Gasteiger partial charge in [-0.05, 0) is 44.9 Å². The van der Waals surface area contributed by atoms with Gasteiger partial charge < -0.3 is 19.9 Å². The highest BCUT2D eigenvalue weighted by atomic mass is 35.5. The van der Waals surface area contributed by atoms with Crippen molar-refractivity contribution in [3.8, 4) is 5.75 Å². The first-order valence-corrected chi connectivity index (χ1v) is 9.87. The number of carbonyl (C=O) groups excluding carboxylic acids is 2. The van der Waals surface area contributed by atoms with Crippen molar-refractivity contribution in [1.29, 1.82) is 0 Å². The third-order valence-electron chi connectivity index (χ3n) is 4.77. The predicted molar refractivity (Wildman–Crippen MR) is 110 cm³/mol. The summed E-state index contributed by atoms with van der Waals surface area (Å²) in [6.45, 7) is 8.74. The van der Waals surface area contributed by atoms with Gasteiger partial charge in [0.2, 0.25) is 0 Å². The number of rotatable bonds is 10. The largest absolute Gasteiger partial charge is 0.495 e. The standard InChI is InChI=1S/C20H32ClN3O3/c1-7-14(3)24(15(4)8-2)20(26)13-23(5)12-19(25)22-17-11-16(21)9-10-18(17)27-6/h9-11,14-15H,7-8,12-13H2,1-6H3,(H,22,25)/p+1/t14-,15+. The van der Waals surface area contributed by atoms with Crippen molar-refractivity contribution in [1.82, 2.24) is 4.90 Å². The van der Waals surface area contributed by atoms with E-state index in [1.165, 1.54) is 7.11 Å². The second-order valence-electron chi connectivity index (χ2n) is 7.02. The summed E-state index contributed by atoms with van der Waals surface area (Å²) < 4.78 is 5.24. The summed E-state index contributed by atoms with van der Waals surface area (Å²) in [5, 5.41) is 3.32. The van der Waals surface area contributed by atoms with Gasteiger partial charge in [-0.2, -0.15) is 0 Å². The first kappa shape index (κ1) is 23.2. The van der Waals surface area contributed by atoms with Crippen LogP contribution in [0.25, 0.3) is 0 Å². The van der Waals surface area contributed by atoms with Crippen LogP contribution in [0.2, 0.25) is 5.02 Å². The number of amides is 2. The molecular weight excluding hydrogens is 366 g/mol. The van der Waals surface area contributed by atoms with Crippen molar-refractivity contribution in [2.75, 3.05) is 32.6 Å². The molecule has 0 bridgehead atoms. The van der Waals surface area contributed by atoms with E-state index in [1.54, 1.807) is 18.2 Å². The summed E-state index contributed by atoms with van der Waals surface area (Å²) in [6.07, 6.45) is 1.81. The van der Waals surface area contributed by atoms with Crippen LogP contribution in [0.4, 0.5) is 5.69 Å². The molecule has 152 valence electrons. The van der Waals surface area contributed by atoms with Crippen LogP contribution in [0.1, 0.15) is 40.5 Å². The molecule has 0 aliphatic rings. The molecule has 0 saturated heterocycles. The van der Waals surface area contributed by atoms with Crippen LogP contribution in [0.3, 0.4) is 0 Å². The van der Waals surface area contributed by atoms with Crippen molar-refractivity contribution >= 4 is 29.1 Å². The predicted octanol–water partition coefficient (Wildman–Crippen LogP) is 2.23. The van der Waals surface area contributed by atoms with Gasteiger partial charge in [-0.15, -0.1) is 0 Å². The highest BCUT2D eigenvalue weighted by Gasteiger charge is 2.26. The molecule has 7 heteroatoms. The van der Waals surface area contributed by atoms with Crippen molar-refractivity contribution < 1.29 is 19.2 Å². The topological polar surface area (TPSA) is 63.1 Å². The van der Waals surface area contributed by atoms with E-state index in [2.05, 4.69) is 33.0 Å². The highest BCUT2D eigenvalue weighted by Crippen LogP contribution is 2.27. The summed E-state index contributed by atoms with van der Waals surface area (Å²) >= 11 is 5.99. The summed E-state index contributed by atoms with van der Waals surface area (Å²) in [7, 11) is 3.38. The zero-order valence-electron chi connectivity index (χ0n) is 17.3. The lowest BCUT2D eigenvalue weighted by Crippen LogP contribution is -3.11. The van der Waals surface area contributed by atoms with Gasteiger partial charge in [0.15, 0.2) is 13.1 Å². The van der Waals surface area contributed by atoms with Crippen LogP contribution in [0.5, 0.6) is 5.75 Å². The maximum Gasteiger partial charge on any atom is 0.279 e. The maximum atomic E-state index is 12.8. The van der Waals surface area contributed by atoms with Gasteiger partial charge in [0.25, 0.3) is 11.8 Å². The third kappa shape index (κ3) is 7.03. The molecule has 1 unspecified atom stereocenters. The van der Waals surface area contributed by atoms with Gasteiger partial charge in [0.05, 0.1) is 19.8 Å². The fourth-order valence-corrected chi connectivity index (χ4v) is 3.15. The number of ether oxygens (including phenoxy) is 1. The van der Waals surface area contributed by atoms with Crippen LogP contribution in [0, 0.1) is 0 Å².